The summed E-state index contributed by atoms with van der Waals surface area (Å²) in [6.07, 6.45) is 3.14. The fraction of sp³-hybridized carbons (Fsp3) is 0.278. The molecular formula is C18H21N3O2. The van der Waals surface area contributed by atoms with Crippen molar-refractivity contribution in [1.29, 1.82) is 0 Å². The number of pyridine rings is 1. The molecule has 2 rings (SSSR count). The van der Waals surface area contributed by atoms with Gasteiger partial charge in [0.2, 0.25) is 11.8 Å². The first-order chi connectivity index (χ1) is 11.0. The highest BCUT2D eigenvalue weighted by Gasteiger charge is 2.09. The summed E-state index contributed by atoms with van der Waals surface area (Å²) in [5.74, 6) is -0.200. The molecule has 5 heteroatoms. The van der Waals surface area contributed by atoms with Crippen LogP contribution in [0.1, 0.15) is 37.3 Å². The summed E-state index contributed by atoms with van der Waals surface area (Å²) >= 11 is 0. The number of nitrogens with zero attached hydrogens (tertiary/aromatic N) is 1. The Morgan fingerprint density at radius 1 is 1.09 bits per heavy atom. The lowest BCUT2D eigenvalue weighted by Gasteiger charge is -2.09. The average molecular weight is 311 g/mol. The topological polar surface area (TPSA) is 71.1 Å². The van der Waals surface area contributed by atoms with Gasteiger partial charge in [-0.3, -0.25) is 14.6 Å². The molecule has 23 heavy (non-hydrogen) atoms. The van der Waals surface area contributed by atoms with Gasteiger partial charge in [0.1, 0.15) is 6.42 Å². The first-order valence-corrected chi connectivity index (χ1v) is 7.60. The second-order valence-electron chi connectivity index (χ2n) is 5.64. The third kappa shape index (κ3) is 5.54. The average Bonchev–Trinajstić information content (AvgIpc) is 2.54. The number of carbonyl (C=O) groups is 2. The van der Waals surface area contributed by atoms with Crippen molar-refractivity contribution >= 4 is 17.5 Å². The summed E-state index contributed by atoms with van der Waals surface area (Å²) in [4.78, 5) is 27.6. The van der Waals surface area contributed by atoms with Gasteiger partial charge in [-0.15, -0.1) is 0 Å². The van der Waals surface area contributed by atoms with Crippen molar-refractivity contribution in [3.8, 4) is 0 Å². The van der Waals surface area contributed by atoms with Gasteiger partial charge in [-0.05, 0) is 35.2 Å². The Morgan fingerprint density at radius 2 is 1.83 bits per heavy atom. The van der Waals surface area contributed by atoms with Crippen LogP contribution in [0.3, 0.4) is 0 Å². The van der Waals surface area contributed by atoms with Crippen LogP contribution in [0.25, 0.3) is 0 Å². The van der Waals surface area contributed by atoms with Gasteiger partial charge in [0.05, 0.1) is 0 Å². The quantitative estimate of drug-likeness (QED) is 0.806. The molecule has 0 saturated carbocycles. The zero-order chi connectivity index (χ0) is 16.7. The number of hydrogen-bond acceptors (Lipinski definition) is 3. The second-order valence-corrected chi connectivity index (χ2v) is 5.64. The highest BCUT2D eigenvalue weighted by Crippen LogP contribution is 2.17. The predicted octanol–water partition coefficient (Wildman–Crippen LogP) is 2.85. The van der Waals surface area contributed by atoms with Gasteiger partial charge < -0.3 is 10.6 Å². The lowest BCUT2D eigenvalue weighted by molar-refractivity contribution is -0.126. The van der Waals surface area contributed by atoms with Gasteiger partial charge in [0.15, 0.2) is 0 Å². The van der Waals surface area contributed by atoms with E-state index in [0.717, 1.165) is 5.56 Å². The minimum Gasteiger partial charge on any atom is -0.352 e. The van der Waals surface area contributed by atoms with E-state index in [1.807, 2.05) is 30.3 Å². The van der Waals surface area contributed by atoms with E-state index in [2.05, 4.69) is 29.5 Å². The summed E-state index contributed by atoms with van der Waals surface area (Å²) in [5, 5.41) is 5.42. The van der Waals surface area contributed by atoms with E-state index in [-0.39, 0.29) is 18.2 Å². The van der Waals surface area contributed by atoms with Gasteiger partial charge in [-0.1, -0.05) is 32.0 Å². The molecule has 0 aliphatic rings. The zero-order valence-corrected chi connectivity index (χ0v) is 13.4. The monoisotopic (exact) mass is 311 g/mol. The van der Waals surface area contributed by atoms with Crippen molar-refractivity contribution in [3.05, 3.63) is 59.9 Å². The van der Waals surface area contributed by atoms with Crippen molar-refractivity contribution in [2.75, 3.05) is 5.32 Å². The lowest BCUT2D eigenvalue weighted by Crippen LogP contribution is -2.27. The van der Waals surface area contributed by atoms with E-state index in [4.69, 9.17) is 0 Å². The summed E-state index contributed by atoms with van der Waals surface area (Å²) < 4.78 is 0. The maximum Gasteiger partial charge on any atom is 0.233 e. The van der Waals surface area contributed by atoms with Crippen LogP contribution in [0.5, 0.6) is 0 Å². The third-order valence-electron chi connectivity index (χ3n) is 3.39. The summed E-state index contributed by atoms with van der Waals surface area (Å²) in [6.45, 7) is 4.59. The number of amides is 2. The molecule has 1 aromatic heterocycles. The van der Waals surface area contributed by atoms with Gasteiger partial charge in [0, 0.05) is 24.6 Å². The van der Waals surface area contributed by atoms with Crippen molar-refractivity contribution < 1.29 is 9.59 Å². The van der Waals surface area contributed by atoms with Crippen LogP contribution in [0.15, 0.2) is 48.8 Å². The van der Waals surface area contributed by atoms with Crippen LogP contribution in [0.4, 0.5) is 5.69 Å². The largest absolute Gasteiger partial charge is 0.352 e. The number of nitrogens with one attached hydrogen (secondary N) is 2. The Bertz CT molecular complexity index is 652. The molecular weight excluding hydrogens is 290 g/mol. The molecule has 1 heterocycles. The number of benzene rings is 1. The summed E-state index contributed by atoms with van der Waals surface area (Å²) in [6, 6.07) is 11.3. The predicted molar refractivity (Wildman–Crippen MR) is 89.9 cm³/mol. The van der Waals surface area contributed by atoms with Crippen molar-refractivity contribution in [3.63, 3.8) is 0 Å². The number of rotatable bonds is 6. The highest BCUT2D eigenvalue weighted by atomic mass is 16.2. The van der Waals surface area contributed by atoms with Crippen molar-refractivity contribution in [1.82, 2.24) is 10.3 Å². The second kappa shape index (κ2) is 8.08. The Balaban J connectivity index is 1.78. The minimum absolute atomic E-state index is 0.202. The SMILES string of the molecule is CC(C)c1ccc(NC(=O)CC(=O)NCc2cccnc2)cc1. The first kappa shape index (κ1) is 16.7. The van der Waals surface area contributed by atoms with Crippen LogP contribution >= 0.6 is 0 Å². The van der Waals surface area contributed by atoms with Crippen molar-refractivity contribution in [2.45, 2.75) is 32.7 Å². The maximum absolute atomic E-state index is 11.9. The highest BCUT2D eigenvalue weighted by molar-refractivity contribution is 6.03. The Morgan fingerprint density at radius 3 is 2.43 bits per heavy atom. The molecule has 0 unspecified atom stereocenters. The normalized spacial score (nSPS) is 10.4. The van der Waals surface area contributed by atoms with Crippen LogP contribution in [0, 0.1) is 0 Å². The lowest BCUT2D eigenvalue weighted by atomic mass is 10.0. The molecule has 0 aliphatic carbocycles. The van der Waals surface area contributed by atoms with Gasteiger partial charge in [0.25, 0.3) is 0 Å². The van der Waals surface area contributed by atoms with Crippen LogP contribution in [-0.4, -0.2) is 16.8 Å². The zero-order valence-electron chi connectivity index (χ0n) is 13.4. The molecule has 0 atom stereocenters. The van der Waals surface area contributed by atoms with Crippen LogP contribution in [0.2, 0.25) is 0 Å². The molecule has 5 nitrogen and oxygen atoms in total. The van der Waals surface area contributed by atoms with E-state index in [9.17, 15) is 9.59 Å². The van der Waals surface area contributed by atoms with Crippen LogP contribution in [-0.2, 0) is 16.1 Å². The number of hydrogen-bond donors (Lipinski definition) is 2. The van der Waals surface area contributed by atoms with E-state index in [0.29, 0.717) is 18.2 Å². The Hall–Kier alpha value is -2.69. The molecule has 0 radical (unpaired) electrons. The van der Waals surface area contributed by atoms with E-state index in [1.165, 1.54) is 5.56 Å². The molecule has 0 fully saturated rings. The van der Waals surface area contributed by atoms with Gasteiger partial charge >= 0.3 is 0 Å². The molecule has 2 amide bonds. The third-order valence-corrected chi connectivity index (χ3v) is 3.39. The maximum atomic E-state index is 11.9. The van der Waals surface area contributed by atoms with Gasteiger partial charge in [-0.2, -0.15) is 0 Å². The smallest absolute Gasteiger partial charge is 0.233 e. The molecule has 0 saturated heterocycles. The molecule has 0 aliphatic heterocycles. The molecule has 2 aromatic rings. The Kier molecular flexibility index (Phi) is 5.86. The van der Waals surface area contributed by atoms with Crippen LogP contribution < -0.4 is 10.6 Å². The number of aromatic nitrogens is 1. The summed E-state index contributed by atoms with van der Waals surface area (Å²) in [5.41, 5.74) is 2.79. The molecule has 0 bridgehead atoms. The van der Waals surface area contributed by atoms with E-state index in [1.54, 1.807) is 18.5 Å². The minimum atomic E-state index is -0.328. The fourth-order valence-corrected chi connectivity index (χ4v) is 2.07. The van der Waals surface area contributed by atoms with Crippen molar-refractivity contribution in [2.24, 2.45) is 0 Å². The summed E-state index contributed by atoms with van der Waals surface area (Å²) in [7, 11) is 0. The van der Waals surface area contributed by atoms with E-state index < -0.39 is 0 Å². The number of anilines is 1. The number of carbonyl (C=O) groups excluding carboxylic acids is 2. The fourth-order valence-electron chi connectivity index (χ4n) is 2.07. The molecule has 120 valence electrons. The Labute approximate surface area is 136 Å². The standard InChI is InChI=1S/C18H21N3O2/c1-13(2)15-5-7-16(8-6-15)21-18(23)10-17(22)20-12-14-4-3-9-19-11-14/h3-9,11,13H,10,12H2,1-2H3,(H,20,22)(H,21,23). The van der Waals surface area contributed by atoms with Gasteiger partial charge in [-0.25, -0.2) is 0 Å². The molecule has 0 spiro atoms. The molecule has 2 N–H and O–H groups in total. The van der Waals surface area contributed by atoms with E-state index >= 15 is 0 Å². The molecule has 1 aromatic carbocycles. The first-order valence-electron chi connectivity index (χ1n) is 7.60.